The van der Waals surface area contributed by atoms with Crippen LogP contribution in [0.2, 0.25) is 9.36 Å². The molecule has 2 saturated heterocycles. The lowest BCUT2D eigenvalue weighted by Gasteiger charge is -2.21. The Hall–Kier alpha value is -1.96. The summed E-state index contributed by atoms with van der Waals surface area (Å²) in [4.78, 5) is 28.7. The smallest absolute Gasteiger partial charge is 0.414 e. The van der Waals surface area contributed by atoms with Crippen LogP contribution in [0.4, 0.5) is 16.2 Å². The largest absolute Gasteiger partial charge is 0.442 e. The van der Waals surface area contributed by atoms with Crippen LogP contribution in [0, 0.1) is 0 Å². The summed E-state index contributed by atoms with van der Waals surface area (Å²) < 4.78 is 5.94. The molecule has 2 fully saturated rings. The molecule has 0 radical (unpaired) electrons. The number of ether oxygens (including phenoxy) is 1. The van der Waals surface area contributed by atoms with Gasteiger partial charge in [0.15, 0.2) is 0 Å². The minimum atomic E-state index is -0.441. The Labute approximate surface area is 177 Å². The molecule has 1 aromatic carbocycles. The van der Waals surface area contributed by atoms with Crippen molar-refractivity contribution in [1.82, 2.24) is 5.32 Å². The summed E-state index contributed by atoms with van der Waals surface area (Å²) >= 11 is 13.5. The molecule has 2 aliphatic rings. The molecule has 0 aliphatic carbocycles. The van der Waals surface area contributed by atoms with Gasteiger partial charge in [0.25, 0.3) is 5.91 Å². The van der Waals surface area contributed by atoms with Gasteiger partial charge in [0, 0.05) is 18.8 Å². The van der Waals surface area contributed by atoms with Gasteiger partial charge in [-0.25, -0.2) is 4.79 Å². The third-order valence-electron chi connectivity index (χ3n) is 4.85. The fraction of sp³-hybridized carbons (Fsp3) is 0.368. The van der Waals surface area contributed by atoms with E-state index >= 15 is 0 Å². The van der Waals surface area contributed by atoms with Gasteiger partial charge in [-0.15, -0.1) is 11.3 Å². The first-order chi connectivity index (χ1) is 13.5. The Morgan fingerprint density at radius 1 is 1.21 bits per heavy atom. The Kier molecular flexibility index (Phi) is 5.66. The minimum Gasteiger partial charge on any atom is -0.442 e. The number of hydrogen-bond donors (Lipinski definition) is 1. The zero-order valence-corrected chi connectivity index (χ0v) is 17.3. The maximum Gasteiger partial charge on any atom is 0.414 e. The molecular formula is C19H19Cl2N3O3S. The van der Waals surface area contributed by atoms with Crippen LogP contribution in [-0.2, 0) is 4.74 Å². The van der Waals surface area contributed by atoms with Crippen LogP contribution in [0.25, 0.3) is 0 Å². The summed E-state index contributed by atoms with van der Waals surface area (Å²) in [5.41, 5.74) is 1.69. The van der Waals surface area contributed by atoms with E-state index < -0.39 is 12.2 Å². The molecule has 0 saturated carbocycles. The molecule has 1 N–H and O–H groups in total. The van der Waals surface area contributed by atoms with E-state index in [1.165, 1.54) is 24.2 Å². The third-order valence-corrected chi connectivity index (χ3v) is 6.38. The van der Waals surface area contributed by atoms with Gasteiger partial charge in [0.05, 0.1) is 33.0 Å². The number of rotatable bonds is 5. The molecular weight excluding hydrogens is 421 g/mol. The number of thiophene rings is 1. The highest BCUT2D eigenvalue weighted by molar-refractivity contribution is 7.18. The number of nitrogens with one attached hydrogen (secondary N) is 1. The lowest BCUT2D eigenvalue weighted by Crippen LogP contribution is -2.34. The van der Waals surface area contributed by atoms with Crippen molar-refractivity contribution in [3.8, 4) is 0 Å². The molecule has 2 aliphatic heterocycles. The van der Waals surface area contributed by atoms with Crippen molar-refractivity contribution in [2.45, 2.75) is 18.9 Å². The highest BCUT2D eigenvalue weighted by atomic mass is 35.5. The maximum absolute atomic E-state index is 12.3. The quantitative estimate of drug-likeness (QED) is 0.749. The number of cyclic esters (lactones) is 1. The average molecular weight is 440 g/mol. The lowest BCUT2D eigenvalue weighted by atomic mass is 10.2. The average Bonchev–Trinajstić information content (AvgIpc) is 3.41. The third kappa shape index (κ3) is 4.06. The van der Waals surface area contributed by atoms with Crippen molar-refractivity contribution in [3.05, 3.63) is 44.6 Å². The molecule has 4 rings (SSSR count). The van der Waals surface area contributed by atoms with Gasteiger partial charge in [-0.3, -0.25) is 9.69 Å². The molecule has 3 heterocycles. The van der Waals surface area contributed by atoms with E-state index in [0.29, 0.717) is 26.5 Å². The molecule has 0 spiro atoms. The molecule has 9 heteroatoms. The lowest BCUT2D eigenvalue weighted by molar-refractivity contribution is 0.0920. The van der Waals surface area contributed by atoms with Crippen molar-refractivity contribution in [2.24, 2.45) is 0 Å². The van der Waals surface area contributed by atoms with Gasteiger partial charge in [0.2, 0.25) is 0 Å². The van der Waals surface area contributed by atoms with E-state index in [2.05, 4.69) is 10.2 Å². The van der Waals surface area contributed by atoms with Gasteiger partial charge < -0.3 is 15.0 Å². The highest BCUT2D eigenvalue weighted by Gasteiger charge is 2.33. The van der Waals surface area contributed by atoms with Crippen molar-refractivity contribution >= 4 is 57.9 Å². The molecule has 6 nitrogen and oxygen atoms in total. The number of carbonyl (C=O) groups excluding carboxylic acids is 2. The first-order valence-electron chi connectivity index (χ1n) is 9.07. The van der Waals surface area contributed by atoms with Crippen LogP contribution in [0.15, 0.2) is 30.3 Å². The second-order valence-electron chi connectivity index (χ2n) is 6.76. The van der Waals surface area contributed by atoms with E-state index in [1.807, 2.05) is 12.1 Å². The second kappa shape index (κ2) is 8.19. The van der Waals surface area contributed by atoms with Gasteiger partial charge >= 0.3 is 6.09 Å². The summed E-state index contributed by atoms with van der Waals surface area (Å²) in [6.07, 6.45) is 1.47. The number of benzene rings is 1. The fourth-order valence-electron chi connectivity index (χ4n) is 3.45. The number of halogens is 2. The van der Waals surface area contributed by atoms with E-state index in [1.54, 1.807) is 23.1 Å². The molecule has 2 aromatic rings. The Morgan fingerprint density at radius 3 is 2.68 bits per heavy atom. The number of carbonyl (C=O) groups is 2. The van der Waals surface area contributed by atoms with Crippen molar-refractivity contribution < 1.29 is 14.3 Å². The Morgan fingerprint density at radius 2 is 2.00 bits per heavy atom. The predicted molar refractivity (Wildman–Crippen MR) is 112 cm³/mol. The molecule has 2 amide bonds. The monoisotopic (exact) mass is 439 g/mol. The van der Waals surface area contributed by atoms with Gasteiger partial charge in [-0.2, -0.15) is 0 Å². The van der Waals surface area contributed by atoms with Crippen molar-refractivity contribution in [3.63, 3.8) is 0 Å². The van der Waals surface area contributed by atoms with Crippen molar-refractivity contribution in [2.75, 3.05) is 36.0 Å². The zero-order chi connectivity index (χ0) is 19.7. The molecule has 0 bridgehead atoms. The van der Waals surface area contributed by atoms with E-state index in [4.69, 9.17) is 27.9 Å². The molecule has 148 valence electrons. The number of amides is 2. The van der Waals surface area contributed by atoms with Crippen LogP contribution in [-0.4, -0.2) is 44.3 Å². The van der Waals surface area contributed by atoms with E-state index in [0.717, 1.165) is 18.8 Å². The van der Waals surface area contributed by atoms with Gasteiger partial charge in [-0.05, 0) is 43.2 Å². The standard InChI is InChI=1S/C19H19Cl2N3O3S/c20-14-9-12(3-4-15(14)23-7-1-2-8-23)24-11-13(27-19(24)26)10-22-18(25)16-5-6-17(21)28-16/h3-6,9,13H,1-2,7-8,10-11H2,(H,22,25). The SMILES string of the molecule is O=C(NCC1CN(c2ccc(N3CCCC3)c(Cl)c2)C(=O)O1)c1ccc(Cl)s1. The van der Waals surface area contributed by atoms with Crippen LogP contribution < -0.4 is 15.1 Å². The number of anilines is 2. The number of hydrogen-bond acceptors (Lipinski definition) is 5. The summed E-state index contributed by atoms with van der Waals surface area (Å²) in [6, 6.07) is 8.97. The normalized spacial score (nSPS) is 19.2. The zero-order valence-electron chi connectivity index (χ0n) is 15.0. The van der Waals surface area contributed by atoms with Crippen LogP contribution in [0.3, 0.4) is 0 Å². The molecule has 1 aromatic heterocycles. The Balaban J connectivity index is 1.38. The summed E-state index contributed by atoms with van der Waals surface area (Å²) in [5.74, 6) is -0.232. The van der Waals surface area contributed by atoms with E-state index in [-0.39, 0.29) is 12.5 Å². The van der Waals surface area contributed by atoms with E-state index in [9.17, 15) is 9.59 Å². The van der Waals surface area contributed by atoms with Crippen molar-refractivity contribution in [1.29, 1.82) is 0 Å². The topological polar surface area (TPSA) is 61.9 Å². The minimum absolute atomic E-state index is 0.232. The van der Waals surface area contributed by atoms with Gasteiger partial charge in [0.1, 0.15) is 6.10 Å². The predicted octanol–water partition coefficient (Wildman–Crippen LogP) is 4.41. The van der Waals surface area contributed by atoms with Crippen LogP contribution >= 0.6 is 34.5 Å². The molecule has 1 unspecified atom stereocenters. The van der Waals surface area contributed by atoms with Gasteiger partial charge in [-0.1, -0.05) is 23.2 Å². The van der Waals surface area contributed by atoms with Crippen LogP contribution in [0.5, 0.6) is 0 Å². The molecule has 1 atom stereocenters. The fourth-order valence-corrected chi connectivity index (χ4v) is 4.70. The maximum atomic E-state index is 12.3. The molecule has 28 heavy (non-hydrogen) atoms. The first kappa shape index (κ1) is 19.4. The Bertz CT molecular complexity index is 898. The highest BCUT2D eigenvalue weighted by Crippen LogP contribution is 2.33. The summed E-state index contributed by atoms with van der Waals surface area (Å²) in [7, 11) is 0. The second-order valence-corrected chi connectivity index (χ2v) is 8.88. The van der Waals surface area contributed by atoms with Crippen LogP contribution in [0.1, 0.15) is 22.5 Å². The summed E-state index contributed by atoms with van der Waals surface area (Å²) in [6.45, 7) is 2.59. The number of nitrogens with zero attached hydrogens (tertiary/aromatic N) is 2. The summed E-state index contributed by atoms with van der Waals surface area (Å²) in [5, 5.41) is 3.40. The first-order valence-corrected chi connectivity index (χ1v) is 10.6.